The summed E-state index contributed by atoms with van der Waals surface area (Å²) in [6.45, 7) is 8.93. The number of methoxy groups -OCH3 is 2. The molecule has 0 spiro atoms. The Morgan fingerprint density at radius 3 is 1.39 bits per heavy atom. The van der Waals surface area contributed by atoms with Gasteiger partial charge in [-0.15, -0.1) is 11.8 Å². The zero-order chi connectivity index (χ0) is 38.4. The van der Waals surface area contributed by atoms with Gasteiger partial charge in [0, 0.05) is 12.2 Å². The van der Waals surface area contributed by atoms with Crippen LogP contribution in [0.25, 0.3) is 0 Å². The lowest BCUT2D eigenvalue weighted by Gasteiger charge is -2.41. The van der Waals surface area contributed by atoms with E-state index in [1.165, 1.54) is 52.7 Å². The number of ether oxygens (including phenoxy) is 5. The highest BCUT2D eigenvalue weighted by molar-refractivity contribution is 8.02. The summed E-state index contributed by atoms with van der Waals surface area (Å²) >= 11 is 1.57. The molecule has 1 saturated heterocycles. The normalized spacial score (nSPS) is 18.9. The molecule has 9 heteroatoms. The number of benzene rings is 3. The van der Waals surface area contributed by atoms with Crippen molar-refractivity contribution in [1.29, 1.82) is 0 Å². The third kappa shape index (κ3) is 9.05. The monoisotopic (exact) mass is 757 g/mol. The molecule has 2 heterocycles. The molecule has 2 aliphatic heterocycles. The van der Waals surface area contributed by atoms with E-state index in [9.17, 15) is 9.59 Å². The first-order valence-electron chi connectivity index (χ1n) is 20.0. The zero-order valence-electron chi connectivity index (χ0n) is 33.0. The Labute approximate surface area is 326 Å². The summed E-state index contributed by atoms with van der Waals surface area (Å²) in [6, 6.07) is 23.9. The Balaban J connectivity index is 1.57. The van der Waals surface area contributed by atoms with E-state index >= 15 is 0 Å². The van der Waals surface area contributed by atoms with Crippen LogP contribution in [0.15, 0.2) is 83.9 Å². The van der Waals surface area contributed by atoms with Gasteiger partial charge in [0.25, 0.3) is 0 Å². The van der Waals surface area contributed by atoms with Crippen molar-refractivity contribution in [2.24, 2.45) is 0 Å². The van der Waals surface area contributed by atoms with Crippen LogP contribution in [0.2, 0.25) is 0 Å². The SMILES string of the molecule is CCCCCCOc1ccc(N2C[C@@]3(c4ccc(OCCCCCC)cc4)S[C@]2(c2ccc(OCCCCCC)cc2)C(C(=O)OC)=C3C(=O)OC)cc1. The number of hydrogen-bond donors (Lipinski definition) is 0. The number of carbonyl (C=O) groups excluding carboxylic acids is 2. The van der Waals surface area contributed by atoms with Crippen LogP contribution in [0.1, 0.15) is 109 Å². The number of esters is 2. The number of unbranched alkanes of at least 4 members (excludes halogenated alkanes) is 9. The fraction of sp³-hybridized carbons (Fsp3) is 0.511. The van der Waals surface area contributed by atoms with Crippen molar-refractivity contribution in [3.8, 4) is 17.2 Å². The van der Waals surface area contributed by atoms with Gasteiger partial charge >= 0.3 is 11.9 Å². The van der Waals surface area contributed by atoms with Gasteiger partial charge in [-0.2, -0.15) is 0 Å². The molecule has 0 amide bonds. The third-order valence-electron chi connectivity index (χ3n) is 10.4. The summed E-state index contributed by atoms with van der Waals surface area (Å²) in [4.78, 5) is 29.3. The van der Waals surface area contributed by atoms with Gasteiger partial charge in [0.1, 0.15) is 22.1 Å². The molecule has 0 unspecified atom stereocenters. The Bertz CT molecular complexity index is 1670. The lowest BCUT2D eigenvalue weighted by atomic mass is 9.78. The molecule has 0 N–H and O–H groups in total. The van der Waals surface area contributed by atoms with Crippen molar-refractivity contribution >= 4 is 29.4 Å². The number of hydrogen-bond acceptors (Lipinski definition) is 9. The highest BCUT2D eigenvalue weighted by Crippen LogP contribution is 2.71. The maximum atomic E-state index is 14.2. The molecule has 5 rings (SSSR count). The minimum atomic E-state index is -1.13. The topological polar surface area (TPSA) is 83.5 Å². The number of anilines is 1. The van der Waals surface area contributed by atoms with E-state index in [0.717, 1.165) is 72.6 Å². The first-order valence-corrected chi connectivity index (χ1v) is 20.8. The highest BCUT2D eigenvalue weighted by atomic mass is 32.2. The van der Waals surface area contributed by atoms with Crippen molar-refractivity contribution < 1.29 is 33.3 Å². The standard InChI is InChI=1S/C45H59NO7S/c1-6-9-12-15-30-51-37-24-18-34(19-25-37)44-33-46(36-22-28-39(29-23-36)53-32-17-14-11-8-3)45(54-44,41(43(48)50-5)40(44)42(47)49-4)35-20-26-38(27-21-35)52-31-16-13-10-7-2/h18-29H,6-17,30-33H2,1-5H3/t44-,45+/m0/s1. The largest absolute Gasteiger partial charge is 0.494 e. The van der Waals surface area contributed by atoms with E-state index in [0.29, 0.717) is 31.9 Å². The van der Waals surface area contributed by atoms with Crippen LogP contribution < -0.4 is 19.1 Å². The Morgan fingerprint density at radius 1 is 0.556 bits per heavy atom. The number of nitrogens with zero attached hydrogens (tertiary/aromatic N) is 1. The van der Waals surface area contributed by atoms with Gasteiger partial charge < -0.3 is 28.6 Å². The average Bonchev–Trinajstić information content (AvgIpc) is 3.72. The fourth-order valence-corrected chi connectivity index (χ4v) is 9.54. The number of rotatable bonds is 23. The second kappa shape index (κ2) is 20.0. The summed E-state index contributed by atoms with van der Waals surface area (Å²) in [5.41, 5.74) is 3.14. The van der Waals surface area contributed by atoms with E-state index in [2.05, 4.69) is 25.7 Å². The smallest absolute Gasteiger partial charge is 0.338 e. The van der Waals surface area contributed by atoms with Crippen LogP contribution in [-0.2, 0) is 28.7 Å². The van der Waals surface area contributed by atoms with E-state index in [1.54, 1.807) is 11.8 Å². The average molecular weight is 758 g/mol. The predicted octanol–water partition coefficient (Wildman–Crippen LogP) is 10.5. The minimum absolute atomic E-state index is 0.258. The first kappa shape index (κ1) is 41.1. The Hall–Kier alpha value is -4.11. The molecule has 54 heavy (non-hydrogen) atoms. The molecule has 8 nitrogen and oxygen atoms in total. The molecule has 292 valence electrons. The lowest BCUT2D eigenvalue weighted by Crippen LogP contribution is -2.49. The van der Waals surface area contributed by atoms with Crippen LogP contribution in [0.3, 0.4) is 0 Å². The van der Waals surface area contributed by atoms with Crippen molar-refractivity contribution in [2.75, 3.05) is 45.5 Å². The van der Waals surface area contributed by atoms with Gasteiger partial charge in [-0.25, -0.2) is 9.59 Å². The van der Waals surface area contributed by atoms with Gasteiger partial charge in [0.2, 0.25) is 0 Å². The quantitative estimate of drug-likeness (QED) is 0.0693. The van der Waals surface area contributed by atoms with Crippen LogP contribution >= 0.6 is 11.8 Å². The molecule has 0 aliphatic carbocycles. The van der Waals surface area contributed by atoms with Crippen LogP contribution in [0, 0.1) is 0 Å². The lowest BCUT2D eigenvalue weighted by molar-refractivity contribution is -0.140. The fourth-order valence-electron chi connectivity index (χ4n) is 7.48. The molecule has 2 aliphatic rings. The van der Waals surface area contributed by atoms with Crippen LogP contribution in [0.4, 0.5) is 5.69 Å². The zero-order valence-corrected chi connectivity index (χ0v) is 33.8. The van der Waals surface area contributed by atoms with Crippen molar-refractivity contribution in [3.63, 3.8) is 0 Å². The molecular formula is C45H59NO7S. The van der Waals surface area contributed by atoms with Crippen molar-refractivity contribution in [1.82, 2.24) is 0 Å². The number of thioether (sulfide) groups is 1. The molecule has 2 atom stereocenters. The number of fused-ring (bicyclic) bond motifs is 2. The van der Waals surface area contributed by atoms with Crippen molar-refractivity contribution in [2.45, 2.75) is 107 Å². The summed E-state index contributed by atoms with van der Waals surface area (Å²) in [7, 11) is 2.72. The van der Waals surface area contributed by atoms with E-state index in [1.807, 2.05) is 72.8 Å². The van der Waals surface area contributed by atoms with Crippen LogP contribution in [0.5, 0.6) is 17.2 Å². The summed E-state index contributed by atoms with van der Waals surface area (Å²) in [5.74, 6) is 1.18. The number of carbonyl (C=O) groups is 2. The Kier molecular flexibility index (Phi) is 15.2. The molecule has 3 aromatic rings. The van der Waals surface area contributed by atoms with Crippen LogP contribution in [-0.4, -0.2) is 52.5 Å². The molecule has 1 fully saturated rings. The minimum Gasteiger partial charge on any atom is -0.494 e. The molecular weight excluding hydrogens is 699 g/mol. The molecule has 3 aromatic carbocycles. The predicted molar refractivity (Wildman–Crippen MR) is 218 cm³/mol. The second-order valence-electron chi connectivity index (χ2n) is 14.2. The van der Waals surface area contributed by atoms with Gasteiger partial charge in [-0.05, 0) is 78.9 Å². The molecule has 0 radical (unpaired) electrons. The second-order valence-corrected chi connectivity index (χ2v) is 15.7. The third-order valence-corrected chi connectivity index (χ3v) is 12.2. The van der Waals surface area contributed by atoms with E-state index in [4.69, 9.17) is 23.7 Å². The molecule has 2 bridgehead atoms. The Morgan fingerprint density at radius 2 is 0.963 bits per heavy atom. The molecule has 0 aromatic heterocycles. The summed E-state index contributed by atoms with van der Waals surface area (Å²) in [5, 5.41) is 0. The van der Waals surface area contributed by atoms with Gasteiger partial charge in [0.15, 0.2) is 0 Å². The van der Waals surface area contributed by atoms with E-state index < -0.39 is 21.6 Å². The summed E-state index contributed by atoms with van der Waals surface area (Å²) in [6.07, 6.45) is 13.5. The molecule has 0 saturated carbocycles. The van der Waals surface area contributed by atoms with E-state index in [-0.39, 0.29) is 5.57 Å². The highest BCUT2D eigenvalue weighted by Gasteiger charge is 2.69. The maximum absolute atomic E-state index is 14.2. The van der Waals surface area contributed by atoms with Gasteiger partial charge in [0.05, 0.1) is 49.9 Å². The maximum Gasteiger partial charge on any atom is 0.338 e. The van der Waals surface area contributed by atoms with Gasteiger partial charge in [-0.1, -0.05) is 103 Å². The first-order chi connectivity index (χ1) is 26.4. The van der Waals surface area contributed by atoms with Crippen molar-refractivity contribution in [3.05, 3.63) is 95.1 Å². The summed E-state index contributed by atoms with van der Waals surface area (Å²) < 4.78 is 28.3. The van der Waals surface area contributed by atoms with Gasteiger partial charge in [-0.3, -0.25) is 0 Å².